The van der Waals surface area contributed by atoms with Crippen LogP contribution in [0.5, 0.6) is 0 Å². The molecule has 0 aliphatic carbocycles. The Bertz CT molecular complexity index is 182. The monoisotopic (exact) mass is 199 g/mol. The number of nitrogens with zero attached hydrogens (tertiary/aromatic N) is 1. The van der Waals surface area contributed by atoms with Gasteiger partial charge in [0.15, 0.2) is 0 Å². The lowest BCUT2D eigenvalue weighted by atomic mass is 10.1. The van der Waals surface area contributed by atoms with Crippen molar-refractivity contribution >= 4 is 5.97 Å². The zero-order valence-electron chi connectivity index (χ0n) is 9.29. The van der Waals surface area contributed by atoms with E-state index in [4.69, 9.17) is 4.74 Å². The van der Waals surface area contributed by atoms with Gasteiger partial charge in [-0.3, -0.25) is 4.79 Å². The maximum absolute atomic E-state index is 11.4. The summed E-state index contributed by atoms with van der Waals surface area (Å²) in [5.74, 6) is -0.0304. The van der Waals surface area contributed by atoms with Crippen molar-refractivity contribution in [3.05, 3.63) is 0 Å². The average Bonchev–Trinajstić information content (AvgIpc) is 2.52. The minimum Gasteiger partial charge on any atom is -0.466 e. The van der Waals surface area contributed by atoms with E-state index in [1.165, 1.54) is 6.42 Å². The van der Waals surface area contributed by atoms with Crippen LogP contribution in [0, 0.1) is 0 Å². The molecule has 0 saturated carbocycles. The Balaban J connectivity index is 2.13. The third-order valence-electron chi connectivity index (χ3n) is 2.83. The molecular weight excluding hydrogens is 178 g/mol. The lowest BCUT2D eigenvalue weighted by Crippen LogP contribution is -2.28. The first kappa shape index (κ1) is 11.5. The fourth-order valence-corrected chi connectivity index (χ4v) is 1.82. The van der Waals surface area contributed by atoms with E-state index in [1.807, 2.05) is 0 Å². The first-order valence-electron chi connectivity index (χ1n) is 5.60. The van der Waals surface area contributed by atoms with E-state index >= 15 is 0 Å². The number of rotatable bonds is 5. The highest BCUT2D eigenvalue weighted by Gasteiger charge is 2.23. The van der Waals surface area contributed by atoms with Crippen molar-refractivity contribution in [1.29, 1.82) is 0 Å². The van der Waals surface area contributed by atoms with Crippen molar-refractivity contribution < 1.29 is 9.53 Å². The summed E-state index contributed by atoms with van der Waals surface area (Å²) in [5, 5.41) is 0. The maximum Gasteiger partial charge on any atom is 0.307 e. The largest absolute Gasteiger partial charge is 0.466 e. The number of likely N-dealkylation sites (tertiary alicyclic amines) is 1. The van der Waals surface area contributed by atoms with Gasteiger partial charge in [0, 0.05) is 6.04 Å². The molecule has 1 saturated heterocycles. The van der Waals surface area contributed by atoms with E-state index in [-0.39, 0.29) is 5.97 Å². The molecule has 1 rings (SSSR count). The first-order chi connectivity index (χ1) is 6.74. The van der Waals surface area contributed by atoms with Gasteiger partial charge in [0.1, 0.15) is 0 Å². The van der Waals surface area contributed by atoms with Crippen LogP contribution < -0.4 is 0 Å². The van der Waals surface area contributed by atoms with Crippen molar-refractivity contribution in [3.63, 3.8) is 0 Å². The van der Waals surface area contributed by atoms with Gasteiger partial charge in [0.05, 0.1) is 13.0 Å². The van der Waals surface area contributed by atoms with Gasteiger partial charge in [-0.05, 0) is 32.9 Å². The summed E-state index contributed by atoms with van der Waals surface area (Å²) in [7, 11) is 2.08. The third kappa shape index (κ3) is 3.66. The van der Waals surface area contributed by atoms with Gasteiger partial charge < -0.3 is 9.64 Å². The van der Waals surface area contributed by atoms with E-state index < -0.39 is 0 Å². The van der Waals surface area contributed by atoms with Gasteiger partial charge in [0.25, 0.3) is 0 Å². The van der Waals surface area contributed by atoms with Crippen molar-refractivity contribution in [1.82, 2.24) is 4.90 Å². The van der Waals surface area contributed by atoms with Crippen LogP contribution in [0.15, 0.2) is 0 Å². The van der Waals surface area contributed by atoms with Gasteiger partial charge in [0.2, 0.25) is 0 Å². The van der Waals surface area contributed by atoms with Crippen LogP contribution in [0.1, 0.15) is 39.0 Å². The Morgan fingerprint density at radius 2 is 2.36 bits per heavy atom. The summed E-state index contributed by atoms with van der Waals surface area (Å²) < 4.78 is 5.13. The van der Waals surface area contributed by atoms with E-state index in [2.05, 4.69) is 18.9 Å². The highest BCUT2D eigenvalue weighted by atomic mass is 16.5. The number of unbranched alkanes of at least 4 members (excludes halogenated alkanes) is 1. The molecule has 0 aromatic rings. The van der Waals surface area contributed by atoms with Crippen molar-refractivity contribution in [2.24, 2.45) is 0 Å². The summed E-state index contributed by atoms with van der Waals surface area (Å²) in [6, 6.07) is 0.420. The molecule has 1 aliphatic rings. The quantitative estimate of drug-likeness (QED) is 0.499. The minimum atomic E-state index is -0.0304. The Morgan fingerprint density at radius 3 is 2.93 bits per heavy atom. The molecular formula is C11H21NO2. The number of ether oxygens (including phenoxy) is 1. The molecule has 0 spiro atoms. The second kappa shape index (κ2) is 6.02. The first-order valence-corrected chi connectivity index (χ1v) is 5.60. The van der Waals surface area contributed by atoms with Gasteiger partial charge in [-0.2, -0.15) is 0 Å². The van der Waals surface area contributed by atoms with Gasteiger partial charge in [-0.25, -0.2) is 0 Å². The smallest absolute Gasteiger partial charge is 0.307 e. The van der Waals surface area contributed by atoms with E-state index in [9.17, 15) is 4.79 Å². The number of hydrogen-bond donors (Lipinski definition) is 0. The number of hydrogen-bond acceptors (Lipinski definition) is 3. The zero-order chi connectivity index (χ0) is 10.4. The highest BCUT2D eigenvalue weighted by Crippen LogP contribution is 2.18. The van der Waals surface area contributed by atoms with E-state index in [0.717, 1.165) is 25.8 Å². The molecule has 0 N–H and O–H groups in total. The molecule has 0 radical (unpaired) electrons. The van der Waals surface area contributed by atoms with Gasteiger partial charge in [-0.1, -0.05) is 13.3 Å². The molecule has 1 heterocycles. The van der Waals surface area contributed by atoms with Crippen LogP contribution >= 0.6 is 0 Å². The predicted molar refractivity (Wildman–Crippen MR) is 56.1 cm³/mol. The molecule has 3 heteroatoms. The van der Waals surface area contributed by atoms with Crippen molar-refractivity contribution in [2.45, 2.75) is 45.1 Å². The predicted octanol–water partition coefficient (Wildman–Crippen LogP) is 1.81. The summed E-state index contributed by atoms with van der Waals surface area (Å²) in [4.78, 5) is 13.6. The average molecular weight is 199 g/mol. The lowest BCUT2D eigenvalue weighted by Gasteiger charge is -2.18. The Morgan fingerprint density at radius 1 is 1.57 bits per heavy atom. The van der Waals surface area contributed by atoms with Gasteiger partial charge in [-0.15, -0.1) is 0 Å². The Kier molecular flexibility index (Phi) is 4.94. The SMILES string of the molecule is CCCCOC(=O)C[C@@H]1CCCN1C. The standard InChI is InChI=1S/C11H21NO2/c1-3-4-8-14-11(13)9-10-6-5-7-12(10)2/h10H,3-9H2,1-2H3/t10-/m0/s1. The van der Waals surface area contributed by atoms with Crippen molar-refractivity contribution in [3.8, 4) is 0 Å². The summed E-state index contributed by atoms with van der Waals surface area (Å²) in [5.41, 5.74) is 0. The second-order valence-electron chi connectivity index (χ2n) is 4.05. The number of esters is 1. The fourth-order valence-electron chi connectivity index (χ4n) is 1.82. The van der Waals surface area contributed by atoms with Crippen LogP contribution in [0.4, 0.5) is 0 Å². The number of carbonyl (C=O) groups excluding carboxylic acids is 1. The van der Waals surface area contributed by atoms with Crippen LogP contribution in [-0.2, 0) is 9.53 Å². The molecule has 1 aliphatic heterocycles. The molecule has 82 valence electrons. The summed E-state index contributed by atoms with van der Waals surface area (Å²) in [6.45, 7) is 3.80. The second-order valence-corrected chi connectivity index (χ2v) is 4.05. The van der Waals surface area contributed by atoms with Crippen LogP contribution in [0.25, 0.3) is 0 Å². The molecule has 1 fully saturated rings. The van der Waals surface area contributed by atoms with Crippen LogP contribution in [0.2, 0.25) is 0 Å². The molecule has 1 atom stereocenters. The summed E-state index contributed by atoms with van der Waals surface area (Å²) in [6.07, 6.45) is 4.98. The minimum absolute atomic E-state index is 0.0304. The van der Waals surface area contributed by atoms with Crippen LogP contribution in [-0.4, -0.2) is 37.1 Å². The van der Waals surface area contributed by atoms with Crippen LogP contribution in [0.3, 0.4) is 0 Å². The molecule has 0 amide bonds. The fraction of sp³-hybridized carbons (Fsp3) is 0.909. The van der Waals surface area contributed by atoms with E-state index in [1.54, 1.807) is 0 Å². The highest BCUT2D eigenvalue weighted by molar-refractivity contribution is 5.70. The molecule has 0 bridgehead atoms. The lowest BCUT2D eigenvalue weighted by molar-refractivity contribution is -0.144. The molecule has 3 nitrogen and oxygen atoms in total. The zero-order valence-corrected chi connectivity index (χ0v) is 9.29. The normalized spacial score (nSPS) is 22.6. The summed E-state index contributed by atoms with van der Waals surface area (Å²) >= 11 is 0. The topological polar surface area (TPSA) is 29.5 Å². The van der Waals surface area contributed by atoms with Gasteiger partial charge >= 0.3 is 5.97 Å². The van der Waals surface area contributed by atoms with Crippen molar-refractivity contribution in [2.75, 3.05) is 20.2 Å². The maximum atomic E-state index is 11.4. The third-order valence-corrected chi connectivity index (χ3v) is 2.83. The van der Waals surface area contributed by atoms with E-state index in [0.29, 0.717) is 19.1 Å². The molecule has 0 aromatic heterocycles. The Labute approximate surface area is 86.4 Å². The molecule has 0 aromatic carbocycles. The molecule has 0 unspecified atom stereocenters. The number of carbonyl (C=O) groups is 1. The molecule has 14 heavy (non-hydrogen) atoms. The Hall–Kier alpha value is -0.570.